The molecule has 0 amide bonds. The molecule has 1 rings (SSSR count). The summed E-state index contributed by atoms with van der Waals surface area (Å²) < 4.78 is 52.7. The second kappa shape index (κ2) is 6.63. The number of benzene rings is 1. The zero-order chi connectivity index (χ0) is 14.6. The van der Waals surface area contributed by atoms with E-state index in [1.54, 1.807) is 0 Å². The summed E-state index contributed by atoms with van der Waals surface area (Å²) in [5.41, 5.74) is 0. The number of halogens is 3. The first-order valence-electron chi connectivity index (χ1n) is 5.81. The summed E-state index contributed by atoms with van der Waals surface area (Å²) in [4.78, 5) is -0.561. The molecule has 19 heavy (non-hydrogen) atoms. The molecule has 0 heterocycles. The second-order valence-corrected chi connectivity index (χ2v) is 6.58. The van der Waals surface area contributed by atoms with Crippen molar-refractivity contribution in [2.45, 2.75) is 31.2 Å². The molecule has 1 aromatic rings. The molecule has 0 saturated heterocycles. The van der Waals surface area contributed by atoms with Crippen molar-refractivity contribution in [3.05, 3.63) is 29.8 Å². The minimum Gasteiger partial charge on any atom is -0.208 e. The summed E-state index contributed by atoms with van der Waals surface area (Å²) in [5, 5.41) is 0. The molecule has 1 unspecified atom stereocenters. The number of alkyl halides is 1. The summed E-state index contributed by atoms with van der Waals surface area (Å²) in [5.74, 6) is -1.63. The lowest BCUT2D eigenvalue weighted by molar-refractivity contribution is 0.437. The van der Waals surface area contributed by atoms with Crippen molar-refractivity contribution in [2.75, 3.05) is 5.88 Å². The topological polar surface area (TPSA) is 46.2 Å². The van der Waals surface area contributed by atoms with Gasteiger partial charge in [-0.05, 0) is 24.5 Å². The van der Waals surface area contributed by atoms with Gasteiger partial charge in [-0.2, -0.15) is 0 Å². The zero-order valence-corrected chi connectivity index (χ0v) is 12.2. The average molecular weight is 312 g/mol. The number of rotatable bonds is 6. The molecule has 0 aromatic heterocycles. The first-order chi connectivity index (χ1) is 8.77. The first kappa shape index (κ1) is 16.3. The van der Waals surface area contributed by atoms with E-state index in [1.165, 1.54) is 0 Å². The van der Waals surface area contributed by atoms with Gasteiger partial charge in [0.2, 0.25) is 10.0 Å². The highest BCUT2D eigenvalue weighted by Crippen LogP contribution is 2.18. The normalized spacial score (nSPS) is 13.8. The molecule has 1 atom stereocenters. The molecule has 7 heteroatoms. The van der Waals surface area contributed by atoms with Crippen LogP contribution in [0.4, 0.5) is 8.78 Å². The van der Waals surface area contributed by atoms with Crippen LogP contribution < -0.4 is 4.72 Å². The summed E-state index contributed by atoms with van der Waals surface area (Å²) in [6.45, 7) is 3.67. The maximum Gasteiger partial charge on any atom is 0.243 e. The summed E-state index contributed by atoms with van der Waals surface area (Å²) in [6.07, 6.45) is 0.432. The van der Waals surface area contributed by atoms with Crippen LogP contribution in [0.1, 0.15) is 20.3 Å². The van der Waals surface area contributed by atoms with Gasteiger partial charge in [0.15, 0.2) is 0 Å². The van der Waals surface area contributed by atoms with E-state index in [0.717, 1.165) is 12.1 Å². The SMILES string of the molecule is CC(C)C(CCCl)NS(=O)(=O)c1ccc(F)cc1F. The predicted molar refractivity (Wildman–Crippen MR) is 70.6 cm³/mol. The van der Waals surface area contributed by atoms with Crippen LogP contribution in [0.2, 0.25) is 0 Å². The highest BCUT2D eigenvalue weighted by atomic mass is 35.5. The van der Waals surface area contributed by atoms with Crippen LogP contribution in [0.15, 0.2) is 23.1 Å². The summed E-state index contributed by atoms with van der Waals surface area (Å²) in [6, 6.07) is 1.96. The van der Waals surface area contributed by atoms with Crippen LogP contribution in [0.3, 0.4) is 0 Å². The van der Waals surface area contributed by atoms with Crippen LogP contribution in [0.25, 0.3) is 0 Å². The molecular weight excluding hydrogens is 296 g/mol. The molecular formula is C12H16ClF2NO2S. The van der Waals surface area contributed by atoms with Gasteiger partial charge in [-0.25, -0.2) is 21.9 Å². The number of nitrogens with one attached hydrogen (secondary N) is 1. The Morgan fingerprint density at radius 2 is 1.95 bits per heavy atom. The summed E-state index contributed by atoms with van der Waals surface area (Å²) >= 11 is 5.61. The highest BCUT2D eigenvalue weighted by Gasteiger charge is 2.24. The fraction of sp³-hybridized carbons (Fsp3) is 0.500. The van der Waals surface area contributed by atoms with Crippen molar-refractivity contribution in [3.8, 4) is 0 Å². The van der Waals surface area contributed by atoms with Crippen LogP contribution in [-0.4, -0.2) is 20.3 Å². The van der Waals surface area contributed by atoms with E-state index in [-0.39, 0.29) is 11.8 Å². The lowest BCUT2D eigenvalue weighted by atomic mass is 10.0. The minimum absolute atomic E-state index is 0.0111. The van der Waals surface area contributed by atoms with E-state index >= 15 is 0 Å². The molecule has 108 valence electrons. The number of hydrogen-bond donors (Lipinski definition) is 1. The molecule has 1 N–H and O–H groups in total. The zero-order valence-electron chi connectivity index (χ0n) is 10.7. The molecule has 0 aliphatic heterocycles. The van der Waals surface area contributed by atoms with Gasteiger partial charge in [-0.15, -0.1) is 11.6 Å². The van der Waals surface area contributed by atoms with E-state index in [0.29, 0.717) is 12.5 Å². The monoisotopic (exact) mass is 311 g/mol. The Balaban J connectivity index is 3.03. The molecule has 0 aliphatic rings. The average Bonchev–Trinajstić information content (AvgIpc) is 2.27. The van der Waals surface area contributed by atoms with E-state index in [4.69, 9.17) is 11.6 Å². The van der Waals surface area contributed by atoms with Crippen molar-refractivity contribution in [1.29, 1.82) is 0 Å². The van der Waals surface area contributed by atoms with Crippen LogP contribution >= 0.6 is 11.6 Å². The second-order valence-electron chi connectivity index (χ2n) is 4.52. The molecule has 0 saturated carbocycles. The fourth-order valence-electron chi connectivity index (χ4n) is 1.60. The van der Waals surface area contributed by atoms with Gasteiger partial charge in [0.1, 0.15) is 16.5 Å². The van der Waals surface area contributed by atoms with Crippen molar-refractivity contribution in [3.63, 3.8) is 0 Å². The Hall–Kier alpha value is -0.720. The third-order valence-electron chi connectivity index (χ3n) is 2.71. The Labute approximate surface area is 117 Å². The van der Waals surface area contributed by atoms with E-state index in [1.807, 2.05) is 13.8 Å². The third-order valence-corrected chi connectivity index (χ3v) is 4.46. The van der Waals surface area contributed by atoms with Crippen molar-refractivity contribution >= 4 is 21.6 Å². The maximum atomic E-state index is 13.5. The largest absolute Gasteiger partial charge is 0.243 e. The number of sulfonamides is 1. The maximum absolute atomic E-state index is 13.5. The van der Waals surface area contributed by atoms with Crippen molar-refractivity contribution < 1.29 is 17.2 Å². The van der Waals surface area contributed by atoms with Gasteiger partial charge in [0.25, 0.3) is 0 Å². The lowest BCUT2D eigenvalue weighted by Crippen LogP contribution is -2.39. The highest BCUT2D eigenvalue weighted by molar-refractivity contribution is 7.89. The molecule has 0 spiro atoms. The van der Waals surface area contributed by atoms with Gasteiger partial charge < -0.3 is 0 Å². The molecule has 1 aromatic carbocycles. The molecule has 0 fully saturated rings. The van der Waals surface area contributed by atoms with E-state index in [2.05, 4.69) is 4.72 Å². The van der Waals surface area contributed by atoms with Crippen molar-refractivity contribution in [2.24, 2.45) is 5.92 Å². The van der Waals surface area contributed by atoms with Gasteiger partial charge in [0, 0.05) is 18.0 Å². The Morgan fingerprint density at radius 1 is 1.32 bits per heavy atom. The van der Waals surface area contributed by atoms with E-state index < -0.39 is 32.6 Å². The van der Waals surface area contributed by atoms with Crippen LogP contribution in [0.5, 0.6) is 0 Å². The van der Waals surface area contributed by atoms with Gasteiger partial charge in [-0.3, -0.25) is 0 Å². The van der Waals surface area contributed by atoms with Gasteiger partial charge >= 0.3 is 0 Å². The molecule has 0 bridgehead atoms. The van der Waals surface area contributed by atoms with Gasteiger partial charge in [0.05, 0.1) is 0 Å². The number of hydrogen-bond acceptors (Lipinski definition) is 2. The quantitative estimate of drug-likeness (QED) is 0.821. The van der Waals surface area contributed by atoms with Crippen LogP contribution in [-0.2, 0) is 10.0 Å². The Kier molecular flexibility index (Phi) is 5.70. The Bertz CT molecular complexity index is 535. The Morgan fingerprint density at radius 3 is 2.42 bits per heavy atom. The lowest BCUT2D eigenvalue weighted by Gasteiger charge is -2.21. The predicted octanol–water partition coefficient (Wildman–Crippen LogP) is 2.90. The fourth-order valence-corrected chi connectivity index (χ4v) is 3.32. The molecule has 3 nitrogen and oxygen atoms in total. The molecule has 0 radical (unpaired) electrons. The summed E-state index contributed by atoms with van der Waals surface area (Å²) in [7, 11) is -4.02. The smallest absolute Gasteiger partial charge is 0.208 e. The first-order valence-corrected chi connectivity index (χ1v) is 7.83. The molecule has 0 aliphatic carbocycles. The van der Waals surface area contributed by atoms with Gasteiger partial charge in [-0.1, -0.05) is 13.8 Å². The van der Waals surface area contributed by atoms with Crippen LogP contribution in [0, 0.1) is 17.6 Å². The van der Waals surface area contributed by atoms with Crippen molar-refractivity contribution in [1.82, 2.24) is 4.72 Å². The minimum atomic E-state index is -4.02. The third kappa shape index (κ3) is 4.40. The standard InChI is InChI=1S/C12H16ClF2NO2S/c1-8(2)11(5-6-13)16-19(17,18)12-4-3-9(14)7-10(12)15/h3-4,7-8,11,16H,5-6H2,1-2H3. The van der Waals surface area contributed by atoms with E-state index in [9.17, 15) is 17.2 Å².